The first-order chi connectivity index (χ1) is 10.3. The van der Waals surface area contributed by atoms with Crippen LogP contribution in [0.1, 0.15) is 26.7 Å². The summed E-state index contributed by atoms with van der Waals surface area (Å²) in [6.45, 7) is 14.9. The van der Waals surface area contributed by atoms with Gasteiger partial charge in [0.1, 0.15) is 0 Å². The largest absolute Gasteiger partial charge is 0.379 e. The van der Waals surface area contributed by atoms with Crippen LogP contribution in [0.4, 0.5) is 0 Å². The van der Waals surface area contributed by atoms with Gasteiger partial charge in [-0.25, -0.2) is 0 Å². The predicted octanol–water partition coefficient (Wildman–Crippen LogP) is 0.798. The number of morpholine rings is 1. The Morgan fingerprint density at radius 2 is 2.00 bits per heavy atom. The lowest BCUT2D eigenvalue weighted by Crippen LogP contribution is -2.45. The number of likely N-dealkylation sites (tertiary alicyclic amines) is 1. The molecule has 0 aromatic carbocycles. The SMILES string of the molecule is CC(C)OCCCNCCN1CCC(N2CCOCC2)C1. The molecular weight excluding hydrogens is 266 g/mol. The van der Waals surface area contributed by atoms with Crippen LogP contribution in [-0.2, 0) is 9.47 Å². The minimum atomic E-state index is 0.353. The van der Waals surface area contributed by atoms with E-state index < -0.39 is 0 Å². The van der Waals surface area contributed by atoms with Gasteiger partial charge < -0.3 is 19.7 Å². The highest BCUT2D eigenvalue weighted by molar-refractivity contribution is 4.84. The molecule has 124 valence electrons. The second kappa shape index (κ2) is 9.74. The molecule has 2 saturated heterocycles. The molecule has 2 heterocycles. The van der Waals surface area contributed by atoms with Crippen molar-refractivity contribution in [2.45, 2.75) is 38.8 Å². The quantitative estimate of drug-likeness (QED) is 0.637. The zero-order chi connectivity index (χ0) is 14.9. The molecule has 1 atom stereocenters. The highest BCUT2D eigenvalue weighted by atomic mass is 16.5. The lowest BCUT2D eigenvalue weighted by atomic mass is 10.2. The molecule has 5 heteroatoms. The fraction of sp³-hybridized carbons (Fsp3) is 1.00. The van der Waals surface area contributed by atoms with Crippen molar-refractivity contribution >= 4 is 0 Å². The molecule has 2 rings (SSSR count). The number of nitrogens with zero attached hydrogens (tertiary/aromatic N) is 2. The van der Waals surface area contributed by atoms with Crippen LogP contribution in [0.15, 0.2) is 0 Å². The molecule has 0 bridgehead atoms. The molecule has 2 fully saturated rings. The Kier molecular flexibility index (Phi) is 7.96. The predicted molar refractivity (Wildman–Crippen MR) is 85.8 cm³/mol. The number of ether oxygens (including phenoxy) is 2. The van der Waals surface area contributed by atoms with Gasteiger partial charge in [0.05, 0.1) is 19.3 Å². The van der Waals surface area contributed by atoms with E-state index in [0.717, 1.165) is 58.5 Å². The Bertz CT molecular complexity index is 270. The van der Waals surface area contributed by atoms with Crippen molar-refractivity contribution in [1.82, 2.24) is 15.1 Å². The molecule has 1 N–H and O–H groups in total. The van der Waals surface area contributed by atoms with E-state index in [-0.39, 0.29) is 0 Å². The van der Waals surface area contributed by atoms with Crippen molar-refractivity contribution in [3.05, 3.63) is 0 Å². The van der Waals surface area contributed by atoms with Crippen LogP contribution in [-0.4, -0.2) is 87.6 Å². The molecule has 0 aromatic rings. The first-order valence-corrected chi connectivity index (χ1v) is 8.62. The van der Waals surface area contributed by atoms with Gasteiger partial charge in [-0.3, -0.25) is 4.90 Å². The summed E-state index contributed by atoms with van der Waals surface area (Å²) in [7, 11) is 0. The van der Waals surface area contributed by atoms with Crippen LogP contribution >= 0.6 is 0 Å². The van der Waals surface area contributed by atoms with Crippen LogP contribution in [0.2, 0.25) is 0 Å². The summed E-state index contributed by atoms with van der Waals surface area (Å²) in [6, 6.07) is 0.758. The molecular formula is C16H33N3O2. The fourth-order valence-corrected chi connectivity index (χ4v) is 3.13. The van der Waals surface area contributed by atoms with Crippen LogP contribution in [0.25, 0.3) is 0 Å². The van der Waals surface area contributed by atoms with Gasteiger partial charge >= 0.3 is 0 Å². The second-order valence-electron chi connectivity index (χ2n) is 6.41. The van der Waals surface area contributed by atoms with Crippen molar-refractivity contribution < 1.29 is 9.47 Å². The summed E-state index contributed by atoms with van der Waals surface area (Å²) in [5.41, 5.74) is 0. The number of rotatable bonds is 9. The molecule has 0 saturated carbocycles. The van der Waals surface area contributed by atoms with Crippen molar-refractivity contribution in [2.24, 2.45) is 0 Å². The fourth-order valence-electron chi connectivity index (χ4n) is 3.13. The van der Waals surface area contributed by atoms with Crippen molar-refractivity contribution in [1.29, 1.82) is 0 Å². The highest BCUT2D eigenvalue weighted by Crippen LogP contribution is 2.16. The maximum atomic E-state index is 5.54. The average Bonchev–Trinajstić information content (AvgIpc) is 2.96. The number of nitrogens with one attached hydrogen (secondary N) is 1. The first-order valence-electron chi connectivity index (χ1n) is 8.62. The minimum absolute atomic E-state index is 0.353. The normalized spacial score (nSPS) is 25.0. The van der Waals surface area contributed by atoms with Gasteiger partial charge in [0.15, 0.2) is 0 Å². The lowest BCUT2D eigenvalue weighted by Gasteiger charge is -2.32. The zero-order valence-corrected chi connectivity index (χ0v) is 13.9. The average molecular weight is 299 g/mol. The van der Waals surface area contributed by atoms with E-state index in [1.807, 2.05) is 0 Å². The van der Waals surface area contributed by atoms with Crippen molar-refractivity contribution in [2.75, 3.05) is 65.6 Å². The topological polar surface area (TPSA) is 37.0 Å². The van der Waals surface area contributed by atoms with E-state index in [2.05, 4.69) is 29.0 Å². The smallest absolute Gasteiger partial charge is 0.0594 e. The van der Waals surface area contributed by atoms with Crippen LogP contribution in [0.5, 0.6) is 0 Å². The maximum absolute atomic E-state index is 5.54. The zero-order valence-electron chi connectivity index (χ0n) is 13.9. The molecule has 1 unspecified atom stereocenters. The van der Waals surface area contributed by atoms with Crippen molar-refractivity contribution in [3.8, 4) is 0 Å². The Balaban J connectivity index is 1.46. The van der Waals surface area contributed by atoms with Crippen molar-refractivity contribution in [3.63, 3.8) is 0 Å². The van der Waals surface area contributed by atoms with Gasteiger partial charge in [-0.15, -0.1) is 0 Å². The summed E-state index contributed by atoms with van der Waals surface area (Å²) in [4.78, 5) is 5.21. The van der Waals surface area contributed by atoms with Gasteiger partial charge in [-0.2, -0.15) is 0 Å². The monoisotopic (exact) mass is 299 g/mol. The standard InChI is InChI=1S/C16H33N3O2/c1-15(2)21-11-3-5-17-6-8-18-7-4-16(14-18)19-9-12-20-13-10-19/h15-17H,3-14H2,1-2H3. The summed E-state index contributed by atoms with van der Waals surface area (Å²) in [5, 5.41) is 3.53. The Labute approximate surface area is 129 Å². The van der Waals surface area contributed by atoms with Crippen LogP contribution in [0.3, 0.4) is 0 Å². The van der Waals surface area contributed by atoms with Gasteiger partial charge in [-0.05, 0) is 39.8 Å². The van der Waals surface area contributed by atoms with Gasteiger partial charge in [0.25, 0.3) is 0 Å². The van der Waals surface area contributed by atoms with E-state index in [9.17, 15) is 0 Å². The van der Waals surface area contributed by atoms with E-state index in [1.54, 1.807) is 0 Å². The number of hydrogen-bond donors (Lipinski definition) is 1. The van der Waals surface area contributed by atoms with Crippen LogP contribution < -0.4 is 5.32 Å². The maximum Gasteiger partial charge on any atom is 0.0594 e. The van der Waals surface area contributed by atoms with Gasteiger partial charge in [0, 0.05) is 45.4 Å². The Morgan fingerprint density at radius 1 is 1.19 bits per heavy atom. The first kappa shape index (κ1) is 17.2. The van der Waals surface area contributed by atoms with E-state index >= 15 is 0 Å². The summed E-state index contributed by atoms with van der Waals surface area (Å²) >= 11 is 0. The molecule has 0 aliphatic carbocycles. The highest BCUT2D eigenvalue weighted by Gasteiger charge is 2.28. The Hall–Kier alpha value is -0.200. The van der Waals surface area contributed by atoms with Gasteiger partial charge in [0.2, 0.25) is 0 Å². The number of hydrogen-bond acceptors (Lipinski definition) is 5. The third-order valence-corrected chi connectivity index (χ3v) is 4.36. The third kappa shape index (κ3) is 6.61. The second-order valence-corrected chi connectivity index (χ2v) is 6.41. The van der Waals surface area contributed by atoms with E-state index in [1.165, 1.54) is 26.1 Å². The summed E-state index contributed by atoms with van der Waals surface area (Å²) in [5.74, 6) is 0. The van der Waals surface area contributed by atoms with Gasteiger partial charge in [-0.1, -0.05) is 0 Å². The molecule has 2 aliphatic rings. The minimum Gasteiger partial charge on any atom is -0.379 e. The van der Waals surface area contributed by atoms with E-state index in [4.69, 9.17) is 9.47 Å². The lowest BCUT2D eigenvalue weighted by molar-refractivity contribution is 0.0185. The molecule has 2 aliphatic heterocycles. The Morgan fingerprint density at radius 3 is 2.76 bits per heavy atom. The molecule has 0 radical (unpaired) electrons. The van der Waals surface area contributed by atoms with Crippen LogP contribution in [0, 0.1) is 0 Å². The molecule has 0 spiro atoms. The summed E-state index contributed by atoms with van der Waals surface area (Å²) in [6.07, 6.45) is 2.78. The molecule has 0 amide bonds. The molecule has 21 heavy (non-hydrogen) atoms. The third-order valence-electron chi connectivity index (χ3n) is 4.36. The van der Waals surface area contributed by atoms with E-state index in [0.29, 0.717) is 6.10 Å². The summed E-state index contributed by atoms with van der Waals surface area (Å²) < 4.78 is 11.0. The molecule has 5 nitrogen and oxygen atoms in total. The molecule has 0 aromatic heterocycles.